The van der Waals surface area contributed by atoms with E-state index in [2.05, 4.69) is 195 Å². The smallest absolute Gasteiger partial charge is 0.870 e. The van der Waals surface area contributed by atoms with Gasteiger partial charge in [-0.1, -0.05) is 115 Å². The molecule has 0 aliphatic carbocycles. The van der Waals surface area contributed by atoms with Gasteiger partial charge < -0.3 is 63.1 Å². The van der Waals surface area contributed by atoms with Crippen LogP contribution in [0.4, 0.5) is 57.1 Å². The van der Waals surface area contributed by atoms with Crippen molar-refractivity contribution in [1.29, 1.82) is 5.39 Å². The van der Waals surface area contributed by atoms with Crippen LogP contribution in [0.15, 0.2) is 224 Å². The molecule has 0 unspecified atom stereocenters. The number of nitrogens with zero attached hydrogens (tertiary/aromatic N) is 8. The molecule has 7 aromatic rings. The van der Waals surface area contributed by atoms with E-state index in [1.807, 2.05) is 119 Å². The van der Waals surface area contributed by atoms with Crippen molar-refractivity contribution in [2.24, 2.45) is 17.3 Å². The van der Waals surface area contributed by atoms with Crippen molar-refractivity contribution in [1.82, 2.24) is 0 Å². The Morgan fingerprint density at radius 2 is 1.03 bits per heavy atom. The molecule has 0 saturated carbocycles. The van der Waals surface area contributed by atoms with Crippen LogP contribution in [0.2, 0.25) is 0 Å². The zero-order chi connectivity index (χ0) is 64.1. The minimum Gasteiger partial charge on any atom is -0.870 e. The Bertz CT molecular complexity index is 3550. The van der Waals surface area contributed by atoms with Gasteiger partial charge in [0.25, 0.3) is 10.1 Å². The molecule has 23 heteroatoms. The normalized spacial score (nSPS) is 12.5. The summed E-state index contributed by atoms with van der Waals surface area (Å²) < 4.78 is 62.7. The maximum absolute atomic E-state index is 9.75. The van der Waals surface area contributed by atoms with E-state index in [0.717, 1.165) is 59.5 Å². The van der Waals surface area contributed by atoms with Gasteiger partial charge in [0.1, 0.15) is 7.05 Å². The number of diazo groups is 1. The third-order valence-electron chi connectivity index (χ3n) is 13.6. The SMILES string of the molecule is C.C=C1C=CN(C)c2ccccc21.C=C1C=CN(C)c2ccccc21.CCC(CC)Nc1ccc(N=N/C=C2\C=CN(C)c3ccccc32)cc1.CCC(CC)Nc1ccc([N+]#N)cc1.CS(=O)(=O)O[O-].Cc1cc[n+](C)c2ccccc12.F[B-](F)(F)F.O.[Na+].[OH-]. The van der Waals surface area contributed by atoms with Crippen LogP contribution in [0.25, 0.3) is 32.6 Å². The van der Waals surface area contributed by atoms with Crippen molar-refractivity contribution in [2.45, 2.75) is 79.8 Å². The van der Waals surface area contributed by atoms with Crippen LogP contribution in [0, 0.1) is 12.3 Å². The third-order valence-corrected chi connectivity index (χ3v) is 13.9. The van der Waals surface area contributed by atoms with Gasteiger partial charge in [-0.15, -0.1) is 0 Å². The Balaban J connectivity index is 0.00000109. The Hall–Kier alpha value is -8.24. The summed E-state index contributed by atoms with van der Waals surface area (Å²) in [5.74, 6) is 0. The molecular weight excluding hydrogens is 1190 g/mol. The minimum absolute atomic E-state index is 0. The molecule has 1 aromatic heterocycles. The number of para-hydroxylation sites is 4. The molecule has 0 amide bonds. The molecule has 0 atom stereocenters. The quantitative estimate of drug-likeness (QED) is 0.0236. The van der Waals surface area contributed by atoms with Crippen LogP contribution in [0.1, 0.15) is 83.1 Å². The van der Waals surface area contributed by atoms with Crippen molar-refractivity contribution in [2.75, 3.05) is 52.7 Å². The fourth-order valence-corrected chi connectivity index (χ4v) is 8.72. The van der Waals surface area contributed by atoms with E-state index in [-0.39, 0.29) is 47.9 Å². The summed E-state index contributed by atoms with van der Waals surface area (Å²) in [6.45, 7) is 18.8. The molecule has 0 saturated heterocycles. The number of allylic oxidation sites excluding steroid dienone is 6. The summed E-state index contributed by atoms with van der Waals surface area (Å²) in [6, 6.07) is 52.0. The first kappa shape index (κ1) is 82.8. The number of pyridine rings is 1. The topological polar surface area (TPSA) is 218 Å². The number of hydrogen-bond donors (Lipinski definition) is 2. The van der Waals surface area contributed by atoms with Crippen LogP contribution in [-0.2, 0) is 21.5 Å². The number of nitrogens with one attached hydrogen (secondary N) is 2. The molecule has 3 aliphatic heterocycles. The molecule has 482 valence electrons. The van der Waals surface area contributed by atoms with Crippen LogP contribution >= 0.6 is 0 Å². The van der Waals surface area contributed by atoms with Gasteiger partial charge in [0, 0.05) is 132 Å². The largest absolute Gasteiger partial charge is 1.00 e. The Kier molecular flexibility index (Phi) is 38.1. The summed E-state index contributed by atoms with van der Waals surface area (Å²) in [7, 11) is -1.51. The van der Waals surface area contributed by atoms with Crippen LogP contribution in [-0.4, -0.2) is 66.1 Å². The van der Waals surface area contributed by atoms with E-state index in [0.29, 0.717) is 24.0 Å². The molecule has 3 aliphatic rings. The Labute approximate surface area is 558 Å². The molecule has 0 bridgehead atoms. The van der Waals surface area contributed by atoms with Crippen molar-refractivity contribution < 1.29 is 80.3 Å². The van der Waals surface area contributed by atoms with Crippen molar-refractivity contribution in [3.8, 4) is 0 Å². The standard InChI is InChI=1S/C22H26N4.C11H16N3.C11H12N.2C11H11N.CH4O4S.CH4.BF4.Na.2H2O/c1-4-18(5-2)24-19-10-12-20(13-11-19)25-23-16-17-14-15-26(3)22-9-7-6-8-21(17)22;1-3-9(4-2)13-10-5-7-11(14-12)8-6-10;3*1-9-7-8-12(2)11-6-4-3-5-10(9)11;1-6(3,4)5-2;;2-1(3,4)5;;;/h6-16,18,24H,4-5H2,1-3H3;5-9,13H,3-4H2,1-2H3;3-8H,1-2H3;2*3-8H,1H2,2H3;2H,1H3;1H4;;;2*1H2/q;2*+1;;;;;-1;+1;;/p-2/b17-16+,25-23?;;;;;;;;;;. The fraction of sp³-hybridized carbons (Fsp3) is 0.250. The number of benzene rings is 6. The molecule has 16 nitrogen and oxygen atoms in total. The first-order chi connectivity index (χ1) is 41.4. The van der Waals surface area contributed by atoms with Crippen LogP contribution < -0.4 is 64.7 Å². The van der Waals surface area contributed by atoms with Gasteiger partial charge in [0.2, 0.25) is 10.9 Å². The molecular formula is C68H86BF4N10NaO6S. The maximum atomic E-state index is 9.75. The molecule has 4 heterocycles. The molecule has 0 radical (unpaired) electrons. The fourth-order valence-electron chi connectivity index (χ4n) is 8.72. The summed E-state index contributed by atoms with van der Waals surface area (Å²) in [4.78, 5) is 9.41. The van der Waals surface area contributed by atoms with Gasteiger partial charge in [-0.2, -0.15) is 10.2 Å². The number of hydrogen-bond acceptors (Lipinski definition) is 13. The zero-order valence-corrected chi connectivity index (χ0v) is 55.9. The summed E-state index contributed by atoms with van der Waals surface area (Å²) in [5, 5.41) is 34.3. The first-order valence-electron chi connectivity index (χ1n) is 28.2. The van der Waals surface area contributed by atoms with E-state index >= 15 is 0 Å². The van der Waals surface area contributed by atoms with Gasteiger partial charge in [-0.05, 0) is 128 Å². The molecule has 91 heavy (non-hydrogen) atoms. The minimum atomic E-state index is -6.00. The van der Waals surface area contributed by atoms with E-state index in [9.17, 15) is 25.7 Å². The number of aryl methyl sites for hydroxylation is 2. The van der Waals surface area contributed by atoms with Gasteiger partial charge in [0.15, 0.2) is 11.2 Å². The van der Waals surface area contributed by atoms with Crippen LogP contribution in [0.5, 0.6) is 0 Å². The van der Waals surface area contributed by atoms with Crippen molar-refractivity contribution in [3.63, 3.8) is 0 Å². The van der Waals surface area contributed by atoms with E-state index in [4.69, 9.17) is 10.7 Å². The van der Waals surface area contributed by atoms with E-state index < -0.39 is 17.4 Å². The summed E-state index contributed by atoms with van der Waals surface area (Å²) in [6.07, 6.45) is 21.3. The number of rotatable bonds is 11. The number of anilines is 5. The summed E-state index contributed by atoms with van der Waals surface area (Å²) >= 11 is 0. The number of azo groups is 1. The zero-order valence-electron chi connectivity index (χ0n) is 53.1. The predicted molar refractivity (Wildman–Crippen MR) is 364 cm³/mol. The third kappa shape index (κ3) is 28.6. The van der Waals surface area contributed by atoms with Crippen molar-refractivity contribution >= 4 is 84.8 Å². The maximum Gasteiger partial charge on any atom is 1.00 e. The molecule has 5 N–H and O–H groups in total. The average molecular weight is 1280 g/mol. The number of aromatic nitrogens is 1. The van der Waals surface area contributed by atoms with Crippen molar-refractivity contribution in [3.05, 3.63) is 241 Å². The summed E-state index contributed by atoms with van der Waals surface area (Å²) in [5.41, 5.74) is 16.7. The second kappa shape index (κ2) is 41.9. The molecule has 0 fully saturated rings. The number of fused-ring (bicyclic) bond motifs is 4. The molecule has 0 spiro atoms. The van der Waals surface area contributed by atoms with E-state index in [1.54, 1.807) is 12.1 Å². The van der Waals surface area contributed by atoms with Gasteiger partial charge >= 0.3 is 42.5 Å². The Morgan fingerprint density at radius 3 is 1.43 bits per heavy atom. The van der Waals surface area contributed by atoms with Gasteiger partial charge in [-0.25, -0.2) is 13.0 Å². The second-order valence-electron chi connectivity index (χ2n) is 20.1. The number of halogens is 4. The first-order valence-corrected chi connectivity index (χ1v) is 30.1. The van der Waals surface area contributed by atoms with Gasteiger partial charge in [0.05, 0.1) is 18.1 Å². The predicted octanol–water partition coefficient (Wildman–Crippen LogP) is 13.6. The second-order valence-corrected chi connectivity index (χ2v) is 21.6. The Morgan fingerprint density at radius 1 is 0.659 bits per heavy atom. The molecule has 6 aromatic carbocycles. The average Bonchev–Trinajstić information content (AvgIpc) is 2.02. The van der Waals surface area contributed by atoms with Gasteiger partial charge in [-0.3, -0.25) is 0 Å². The van der Waals surface area contributed by atoms with Crippen LogP contribution in [0.3, 0.4) is 0 Å². The monoisotopic (exact) mass is 1280 g/mol. The van der Waals surface area contributed by atoms with E-state index in [1.165, 1.54) is 50.2 Å². The molecule has 10 rings (SSSR count).